The molecule has 0 fully saturated rings. The molecule has 1 unspecified atom stereocenters. The maximum atomic E-state index is 11.9. The molecule has 0 amide bonds. The van der Waals surface area contributed by atoms with Crippen LogP contribution in [0.2, 0.25) is 0 Å². The molecule has 0 bridgehead atoms. The van der Waals surface area contributed by atoms with Gasteiger partial charge in [-0.1, -0.05) is 0 Å². The van der Waals surface area contributed by atoms with Gasteiger partial charge in [-0.3, -0.25) is 4.79 Å². The number of nitrogens with one attached hydrogen (secondary N) is 1. The summed E-state index contributed by atoms with van der Waals surface area (Å²) in [6, 6.07) is 7.55. The molecule has 1 aromatic carbocycles. The molecule has 114 valence electrons. The van der Waals surface area contributed by atoms with Crippen molar-refractivity contribution in [3.63, 3.8) is 0 Å². The second-order valence-corrected chi connectivity index (χ2v) is 6.11. The van der Waals surface area contributed by atoms with E-state index in [1.54, 1.807) is 6.92 Å². The van der Waals surface area contributed by atoms with Gasteiger partial charge in [-0.25, -0.2) is 13.1 Å². The number of sulfonamides is 1. The number of ether oxygens (including phenoxy) is 1. The molecule has 7 nitrogen and oxygen atoms in total. The maximum absolute atomic E-state index is 11.9. The summed E-state index contributed by atoms with van der Waals surface area (Å²) in [7, 11) is -3.67. The molecule has 0 aromatic heterocycles. The van der Waals surface area contributed by atoms with E-state index in [1.807, 2.05) is 6.07 Å². The largest absolute Gasteiger partial charge is 0.493 e. The number of carboxylic acids is 1. The summed E-state index contributed by atoms with van der Waals surface area (Å²) in [5.41, 5.74) is 0. The Kier molecular flexibility index (Phi) is 6.14. The van der Waals surface area contributed by atoms with Crippen LogP contribution in [0.5, 0.6) is 5.75 Å². The third kappa shape index (κ3) is 5.81. The molecule has 2 N–H and O–H groups in total. The molecule has 0 spiro atoms. The first kappa shape index (κ1) is 16.9. The molecule has 0 saturated carbocycles. The lowest BCUT2D eigenvalue weighted by atomic mass is 10.2. The molecule has 1 aromatic rings. The normalized spacial score (nSPS) is 12.4. The Morgan fingerprint density at radius 3 is 2.57 bits per heavy atom. The van der Waals surface area contributed by atoms with Crippen molar-refractivity contribution in [2.75, 3.05) is 13.2 Å². The van der Waals surface area contributed by atoms with Gasteiger partial charge in [0.15, 0.2) is 0 Å². The molecule has 0 saturated heterocycles. The summed E-state index contributed by atoms with van der Waals surface area (Å²) in [5.74, 6) is -0.996. The van der Waals surface area contributed by atoms with Gasteiger partial charge in [0, 0.05) is 6.54 Å². The number of rotatable bonds is 8. The fourth-order valence-electron chi connectivity index (χ4n) is 1.33. The number of carbonyl (C=O) groups is 1. The van der Waals surface area contributed by atoms with Gasteiger partial charge in [0.2, 0.25) is 10.0 Å². The fourth-order valence-corrected chi connectivity index (χ4v) is 2.47. The summed E-state index contributed by atoms with van der Waals surface area (Å²) in [6.07, 6.45) is -0.131. The number of nitrogens with zero attached hydrogens (tertiary/aromatic N) is 1. The lowest BCUT2D eigenvalue weighted by Crippen LogP contribution is -2.27. The lowest BCUT2D eigenvalue weighted by molar-refractivity contribution is -0.137. The average Bonchev–Trinajstić information content (AvgIpc) is 2.45. The Labute approximate surface area is 123 Å². The first-order chi connectivity index (χ1) is 9.85. The summed E-state index contributed by atoms with van der Waals surface area (Å²) >= 11 is 0. The first-order valence-electron chi connectivity index (χ1n) is 6.19. The molecule has 0 aliphatic heterocycles. The third-order valence-corrected chi connectivity index (χ3v) is 3.96. The van der Waals surface area contributed by atoms with Crippen LogP contribution in [0, 0.1) is 17.2 Å². The van der Waals surface area contributed by atoms with E-state index in [0.29, 0.717) is 5.75 Å². The molecule has 8 heteroatoms. The molecule has 1 atom stereocenters. The Morgan fingerprint density at radius 2 is 2.05 bits per heavy atom. The second kappa shape index (κ2) is 7.61. The number of aliphatic carboxylic acids is 1. The number of benzene rings is 1. The van der Waals surface area contributed by atoms with Gasteiger partial charge in [-0.15, -0.1) is 0 Å². The van der Waals surface area contributed by atoms with E-state index >= 15 is 0 Å². The molecule has 21 heavy (non-hydrogen) atoms. The second-order valence-electron chi connectivity index (χ2n) is 4.35. The highest BCUT2D eigenvalue weighted by Crippen LogP contribution is 2.16. The molecule has 0 aliphatic rings. The average molecular weight is 312 g/mol. The van der Waals surface area contributed by atoms with Crippen LogP contribution in [0.4, 0.5) is 0 Å². The topological polar surface area (TPSA) is 116 Å². The highest BCUT2D eigenvalue weighted by atomic mass is 32.2. The van der Waals surface area contributed by atoms with Gasteiger partial charge in [0.05, 0.1) is 29.9 Å². The Morgan fingerprint density at radius 1 is 1.43 bits per heavy atom. The van der Waals surface area contributed by atoms with Gasteiger partial charge in [0.25, 0.3) is 0 Å². The van der Waals surface area contributed by atoms with Gasteiger partial charge in [-0.2, -0.15) is 5.26 Å². The highest BCUT2D eigenvalue weighted by molar-refractivity contribution is 7.89. The third-order valence-electron chi connectivity index (χ3n) is 2.52. The van der Waals surface area contributed by atoms with Gasteiger partial charge in [-0.05, 0) is 31.2 Å². The van der Waals surface area contributed by atoms with E-state index in [2.05, 4.69) is 4.72 Å². The van der Waals surface area contributed by atoms with E-state index in [9.17, 15) is 13.2 Å². The van der Waals surface area contributed by atoms with Crippen molar-refractivity contribution in [3.8, 4) is 11.8 Å². The quantitative estimate of drug-likeness (QED) is 0.739. The fraction of sp³-hybridized carbons (Fsp3) is 0.385. The number of carboxylic acid groups (broad SMARTS) is 1. The van der Waals surface area contributed by atoms with E-state index in [1.165, 1.54) is 24.3 Å². The zero-order valence-corrected chi connectivity index (χ0v) is 12.3. The smallest absolute Gasteiger partial charge is 0.306 e. The van der Waals surface area contributed by atoms with Crippen LogP contribution in [0.1, 0.15) is 13.3 Å². The first-order valence-corrected chi connectivity index (χ1v) is 7.67. The molecular formula is C13H16N2O5S. The molecule has 0 aliphatic carbocycles. The SMILES string of the molecule is CC(C#N)CNS(=O)(=O)c1ccc(OCCC(=O)O)cc1. The molecular weight excluding hydrogens is 296 g/mol. The van der Waals surface area contributed by atoms with Crippen LogP contribution >= 0.6 is 0 Å². The van der Waals surface area contributed by atoms with Crippen molar-refractivity contribution in [1.82, 2.24) is 4.72 Å². The number of hydrogen-bond acceptors (Lipinski definition) is 5. The minimum atomic E-state index is -3.67. The number of nitriles is 1. The van der Waals surface area contributed by atoms with Gasteiger partial charge < -0.3 is 9.84 Å². The van der Waals surface area contributed by atoms with Crippen molar-refractivity contribution >= 4 is 16.0 Å². The summed E-state index contributed by atoms with van der Waals surface area (Å²) in [6.45, 7) is 1.66. The van der Waals surface area contributed by atoms with E-state index < -0.39 is 21.9 Å². The van der Waals surface area contributed by atoms with Crippen LogP contribution in [0.15, 0.2) is 29.2 Å². The van der Waals surface area contributed by atoms with Crippen molar-refractivity contribution in [1.29, 1.82) is 5.26 Å². The van der Waals surface area contributed by atoms with Crippen LogP contribution in [-0.4, -0.2) is 32.6 Å². The zero-order valence-electron chi connectivity index (χ0n) is 11.4. The minimum absolute atomic E-state index is 0.0133. The standard InChI is InChI=1S/C13H16N2O5S/c1-10(8-14)9-15-21(18,19)12-4-2-11(3-5-12)20-7-6-13(16)17/h2-5,10,15H,6-7,9H2,1H3,(H,16,17). The highest BCUT2D eigenvalue weighted by Gasteiger charge is 2.15. The van der Waals surface area contributed by atoms with E-state index in [4.69, 9.17) is 15.1 Å². The maximum Gasteiger partial charge on any atom is 0.306 e. The van der Waals surface area contributed by atoms with Crippen molar-refractivity contribution < 1.29 is 23.1 Å². The Balaban J connectivity index is 2.64. The van der Waals surface area contributed by atoms with Gasteiger partial charge >= 0.3 is 5.97 Å². The molecule has 1 rings (SSSR count). The predicted octanol–water partition coefficient (Wildman–Crippen LogP) is 0.978. The summed E-state index contributed by atoms with van der Waals surface area (Å²) in [4.78, 5) is 10.4. The predicted molar refractivity (Wildman–Crippen MR) is 74.2 cm³/mol. The zero-order chi connectivity index (χ0) is 15.9. The van der Waals surface area contributed by atoms with Crippen molar-refractivity contribution in [2.45, 2.75) is 18.2 Å². The van der Waals surface area contributed by atoms with Crippen LogP contribution in [0.3, 0.4) is 0 Å². The van der Waals surface area contributed by atoms with E-state index in [0.717, 1.165) is 0 Å². The Hall–Kier alpha value is -2.11. The summed E-state index contributed by atoms with van der Waals surface area (Å²) in [5, 5.41) is 17.1. The molecule has 0 heterocycles. The van der Waals surface area contributed by atoms with E-state index in [-0.39, 0.29) is 24.5 Å². The van der Waals surface area contributed by atoms with Crippen LogP contribution in [-0.2, 0) is 14.8 Å². The van der Waals surface area contributed by atoms with Gasteiger partial charge in [0.1, 0.15) is 5.75 Å². The summed E-state index contributed by atoms with van der Waals surface area (Å²) < 4.78 is 31.4. The number of hydrogen-bond donors (Lipinski definition) is 2. The Bertz CT molecular complexity index is 619. The molecule has 0 radical (unpaired) electrons. The van der Waals surface area contributed by atoms with Crippen molar-refractivity contribution in [3.05, 3.63) is 24.3 Å². The van der Waals surface area contributed by atoms with Crippen molar-refractivity contribution in [2.24, 2.45) is 5.92 Å². The monoisotopic (exact) mass is 312 g/mol. The van der Waals surface area contributed by atoms with Crippen LogP contribution in [0.25, 0.3) is 0 Å². The van der Waals surface area contributed by atoms with Crippen LogP contribution < -0.4 is 9.46 Å². The minimum Gasteiger partial charge on any atom is -0.493 e. The lowest BCUT2D eigenvalue weighted by Gasteiger charge is -2.09.